The molecule has 0 bridgehead atoms. The first-order chi connectivity index (χ1) is 9.83. The van der Waals surface area contributed by atoms with Gasteiger partial charge >= 0.3 is 0 Å². The molecule has 0 unspecified atom stereocenters. The van der Waals surface area contributed by atoms with Gasteiger partial charge in [-0.1, -0.05) is 0 Å². The summed E-state index contributed by atoms with van der Waals surface area (Å²) in [6.45, 7) is 4.67. The zero-order valence-electron chi connectivity index (χ0n) is 12.1. The summed E-state index contributed by atoms with van der Waals surface area (Å²) < 4.78 is 26.4. The van der Waals surface area contributed by atoms with E-state index in [0.717, 1.165) is 0 Å². The van der Waals surface area contributed by atoms with E-state index in [1.54, 1.807) is 18.7 Å². The monoisotopic (exact) mass is 312 g/mol. The molecule has 1 saturated heterocycles. The first-order valence-corrected chi connectivity index (χ1v) is 8.34. The number of carbonyl (C=O) groups is 1. The predicted octanol–water partition coefficient (Wildman–Crippen LogP) is 0.438. The number of nitrogens with zero attached hydrogens (tertiary/aromatic N) is 1. The van der Waals surface area contributed by atoms with Gasteiger partial charge in [-0.2, -0.15) is 0 Å². The van der Waals surface area contributed by atoms with Gasteiger partial charge in [0, 0.05) is 37.2 Å². The van der Waals surface area contributed by atoms with Crippen molar-refractivity contribution in [3.63, 3.8) is 0 Å². The minimum atomic E-state index is -3.53. The van der Waals surface area contributed by atoms with Gasteiger partial charge in [-0.25, -0.2) is 13.1 Å². The molecule has 6 nitrogen and oxygen atoms in total. The third kappa shape index (κ3) is 3.61. The fourth-order valence-electron chi connectivity index (χ4n) is 2.19. The van der Waals surface area contributed by atoms with Crippen LogP contribution in [0.5, 0.6) is 0 Å². The predicted molar refractivity (Wildman–Crippen MR) is 78.4 cm³/mol. The van der Waals surface area contributed by atoms with Crippen molar-refractivity contribution in [2.24, 2.45) is 5.92 Å². The van der Waals surface area contributed by atoms with Crippen LogP contribution in [-0.2, 0) is 10.0 Å². The van der Waals surface area contributed by atoms with Crippen LogP contribution in [0.3, 0.4) is 0 Å². The minimum Gasteiger partial charge on any atom is -0.396 e. The van der Waals surface area contributed by atoms with Crippen molar-refractivity contribution in [1.29, 1.82) is 0 Å². The van der Waals surface area contributed by atoms with Gasteiger partial charge in [0.15, 0.2) is 0 Å². The van der Waals surface area contributed by atoms with Crippen molar-refractivity contribution < 1.29 is 18.3 Å². The lowest BCUT2D eigenvalue weighted by atomic mass is 10.00. The van der Waals surface area contributed by atoms with Gasteiger partial charge in [0.2, 0.25) is 10.0 Å². The molecule has 1 aliphatic heterocycles. The summed E-state index contributed by atoms with van der Waals surface area (Å²) in [7, 11) is -3.53. The quantitative estimate of drug-likeness (QED) is 0.826. The highest BCUT2D eigenvalue weighted by atomic mass is 32.2. The summed E-state index contributed by atoms with van der Waals surface area (Å²) >= 11 is 0. The highest BCUT2D eigenvalue weighted by Gasteiger charge is 2.30. The van der Waals surface area contributed by atoms with Gasteiger partial charge in [-0.15, -0.1) is 0 Å². The maximum atomic E-state index is 12.1. The fourth-order valence-corrected chi connectivity index (χ4v) is 3.44. The van der Waals surface area contributed by atoms with Crippen LogP contribution in [-0.4, -0.2) is 50.1 Å². The molecule has 0 saturated carbocycles. The molecular weight excluding hydrogens is 292 g/mol. The maximum Gasteiger partial charge on any atom is 0.253 e. The fraction of sp³-hybridized carbons (Fsp3) is 0.500. The molecule has 1 aromatic carbocycles. The summed E-state index contributed by atoms with van der Waals surface area (Å²) in [5.41, 5.74) is 0.454. The Morgan fingerprint density at radius 2 is 1.90 bits per heavy atom. The van der Waals surface area contributed by atoms with Crippen LogP contribution >= 0.6 is 0 Å². The number of sulfonamides is 1. The van der Waals surface area contributed by atoms with E-state index in [9.17, 15) is 13.2 Å². The third-order valence-corrected chi connectivity index (χ3v) is 4.98. The Kier molecular flexibility index (Phi) is 4.65. The lowest BCUT2D eigenvalue weighted by Gasteiger charge is -2.38. The average molecular weight is 312 g/mol. The molecule has 116 valence electrons. The lowest BCUT2D eigenvalue weighted by Crippen LogP contribution is -2.51. The first kappa shape index (κ1) is 15.9. The Morgan fingerprint density at radius 3 is 2.38 bits per heavy atom. The highest BCUT2D eigenvalue weighted by Crippen LogP contribution is 2.19. The number of aliphatic hydroxyl groups is 1. The molecular formula is C14H20N2O4S. The summed E-state index contributed by atoms with van der Waals surface area (Å²) in [5, 5.41) is 8.94. The van der Waals surface area contributed by atoms with E-state index in [-0.39, 0.29) is 29.4 Å². The summed E-state index contributed by atoms with van der Waals surface area (Å²) in [5.74, 6) is 0.0179. The standard InChI is InChI=1S/C14H20N2O4S/c1-10(2)15-21(19,20)13-5-3-12(4-6-13)14(18)16-7-11(8-16)9-17/h3-6,10-11,15,17H,7-9H2,1-2H3. The Hall–Kier alpha value is -1.44. The van der Waals surface area contributed by atoms with Crippen molar-refractivity contribution in [1.82, 2.24) is 9.62 Å². The second kappa shape index (κ2) is 6.13. The maximum absolute atomic E-state index is 12.1. The molecule has 1 heterocycles. The smallest absolute Gasteiger partial charge is 0.253 e. The van der Waals surface area contributed by atoms with Crippen LogP contribution in [0.4, 0.5) is 0 Å². The Labute approximate surface area is 124 Å². The van der Waals surface area contributed by atoms with Crippen molar-refractivity contribution in [2.45, 2.75) is 24.8 Å². The Bertz CT molecular complexity index is 604. The molecule has 2 rings (SSSR count). The SMILES string of the molecule is CC(C)NS(=O)(=O)c1ccc(C(=O)N2CC(CO)C2)cc1. The number of amides is 1. The molecule has 0 radical (unpaired) electrons. The Morgan fingerprint density at radius 1 is 1.33 bits per heavy atom. The second-order valence-corrected chi connectivity index (χ2v) is 7.27. The van der Waals surface area contributed by atoms with Crippen LogP contribution in [0, 0.1) is 5.92 Å². The zero-order valence-corrected chi connectivity index (χ0v) is 12.9. The normalized spacial score (nSPS) is 16.1. The van der Waals surface area contributed by atoms with Gasteiger partial charge in [0.1, 0.15) is 0 Å². The summed E-state index contributed by atoms with van der Waals surface area (Å²) in [4.78, 5) is 13.9. The van der Waals surface area contributed by atoms with Crippen molar-refractivity contribution in [3.8, 4) is 0 Å². The number of hydrogen-bond donors (Lipinski definition) is 2. The minimum absolute atomic E-state index is 0.0852. The number of rotatable bonds is 5. The van der Waals surface area contributed by atoms with Crippen molar-refractivity contribution in [2.75, 3.05) is 19.7 Å². The second-order valence-electron chi connectivity index (χ2n) is 5.56. The van der Waals surface area contributed by atoms with Crippen LogP contribution in [0.25, 0.3) is 0 Å². The number of likely N-dealkylation sites (tertiary alicyclic amines) is 1. The molecule has 0 aliphatic carbocycles. The van der Waals surface area contributed by atoms with E-state index in [1.807, 2.05) is 0 Å². The Balaban J connectivity index is 2.07. The number of benzene rings is 1. The van der Waals surface area contributed by atoms with Crippen molar-refractivity contribution >= 4 is 15.9 Å². The van der Waals surface area contributed by atoms with Gasteiger partial charge < -0.3 is 10.0 Å². The van der Waals surface area contributed by atoms with E-state index in [4.69, 9.17) is 5.11 Å². The van der Waals surface area contributed by atoms with Crippen LogP contribution < -0.4 is 4.72 Å². The molecule has 0 atom stereocenters. The van der Waals surface area contributed by atoms with E-state index < -0.39 is 10.0 Å². The first-order valence-electron chi connectivity index (χ1n) is 6.86. The number of hydrogen-bond acceptors (Lipinski definition) is 4. The number of aliphatic hydroxyl groups excluding tert-OH is 1. The van der Waals surface area contributed by atoms with Gasteiger partial charge in [-0.05, 0) is 38.1 Å². The van der Waals surface area contributed by atoms with Crippen LogP contribution in [0.2, 0.25) is 0 Å². The largest absolute Gasteiger partial charge is 0.396 e. The van der Waals surface area contributed by atoms with E-state index >= 15 is 0 Å². The van der Waals surface area contributed by atoms with Crippen molar-refractivity contribution in [3.05, 3.63) is 29.8 Å². The van der Waals surface area contributed by atoms with Gasteiger partial charge in [-0.3, -0.25) is 4.79 Å². The van der Waals surface area contributed by atoms with E-state index in [1.165, 1.54) is 24.3 Å². The van der Waals surface area contributed by atoms with Crippen LogP contribution in [0.1, 0.15) is 24.2 Å². The lowest BCUT2D eigenvalue weighted by molar-refractivity contribution is 0.0362. The molecule has 0 spiro atoms. The zero-order chi connectivity index (χ0) is 15.6. The molecule has 1 amide bonds. The number of nitrogens with one attached hydrogen (secondary N) is 1. The molecule has 1 fully saturated rings. The average Bonchev–Trinajstić information content (AvgIpc) is 2.36. The van der Waals surface area contributed by atoms with Gasteiger partial charge in [0.05, 0.1) is 4.90 Å². The highest BCUT2D eigenvalue weighted by molar-refractivity contribution is 7.89. The van der Waals surface area contributed by atoms with E-state index in [0.29, 0.717) is 18.7 Å². The molecule has 0 aromatic heterocycles. The number of carbonyl (C=O) groups excluding carboxylic acids is 1. The molecule has 2 N–H and O–H groups in total. The van der Waals surface area contributed by atoms with Crippen LogP contribution in [0.15, 0.2) is 29.2 Å². The summed E-state index contributed by atoms with van der Waals surface area (Å²) in [6.07, 6.45) is 0. The van der Waals surface area contributed by atoms with Gasteiger partial charge in [0.25, 0.3) is 5.91 Å². The topological polar surface area (TPSA) is 86.7 Å². The molecule has 1 aliphatic rings. The van der Waals surface area contributed by atoms with E-state index in [2.05, 4.69) is 4.72 Å². The molecule has 1 aromatic rings. The summed E-state index contributed by atoms with van der Waals surface area (Å²) in [6, 6.07) is 5.71. The molecule has 7 heteroatoms. The third-order valence-electron chi connectivity index (χ3n) is 3.31. The molecule has 21 heavy (non-hydrogen) atoms.